The molecule has 0 fully saturated rings. The first-order valence-corrected chi connectivity index (χ1v) is 6.43. The number of halogens is 1. The highest BCUT2D eigenvalue weighted by atomic mass is 127. The van der Waals surface area contributed by atoms with Gasteiger partial charge < -0.3 is 4.42 Å². The largest absolute Gasteiger partial charge is 0.436 e. The molecule has 0 bridgehead atoms. The van der Waals surface area contributed by atoms with E-state index in [-0.39, 0.29) is 0 Å². The van der Waals surface area contributed by atoms with Crippen molar-refractivity contribution in [3.8, 4) is 11.5 Å². The third kappa shape index (κ3) is 2.07. The monoisotopic (exact) mass is 335 g/mol. The molecule has 2 nitrogen and oxygen atoms in total. The molecule has 0 atom stereocenters. The van der Waals surface area contributed by atoms with Crippen molar-refractivity contribution in [1.29, 1.82) is 0 Å². The summed E-state index contributed by atoms with van der Waals surface area (Å²) in [5.41, 5.74) is 3.97. The lowest BCUT2D eigenvalue weighted by Gasteiger charge is -1.94. The topological polar surface area (TPSA) is 26.0 Å². The lowest BCUT2D eigenvalue weighted by molar-refractivity contribution is 0.620. The molecule has 3 aromatic rings. The molecular formula is C14H10INO. The van der Waals surface area contributed by atoms with Crippen LogP contribution < -0.4 is 0 Å². The molecule has 84 valence electrons. The average molecular weight is 335 g/mol. The van der Waals surface area contributed by atoms with Crippen LogP contribution in [0, 0.1) is 10.5 Å². The molecule has 3 rings (SSSR count). The second-order valence-corrected chi connectivity index (χ2v) is 5.25. The van der Waals surface area contributed by atoms with E-state index in [0.29, 0.717) is 5.89 Å². The Morgan fingerprint density at radius 3 is 2.82 bits per heavy atom. The van der Waals surface area contributed by atoms with E-state index in [1.54, 1.807) is 0 Å². The van der Waals surface area contributed by atoms with Crippen LogP contribution in [0.4, 0.5) is 0 Å². The van der Waals surface area contributed by atoms with E-state index in [1.807, 2.05) is 30.3 Å². The van der Waals surface area contributed by atoms with Crippen LogP contribution >= 0.6 is 22.6 Å². The van der Waals surface area contributed by atoms with Gasteiger partial charge in [-0.1, -0.05) is 12.1 Å². The summed E-state index contributed by atoms with van der Waals surface area (Å²) in [6.45, 7) is 2.05. The van der Waals surface area contributed by atoms with Gasteiger partial charge >= 0.3 is 0 Å². The van der Waals surface area contributed by atoms with Crippen molar-refractivity contribution >= 4 is 33.7 Å². The van der Waals surface area contributed by atoms with Gasteiger partial charge in [-0.15, -0.1) is 0 Å². The zero-order chi connectivity index (χ0) is 11.8. The van der Waals surface area contributed by atoms with Gasteiger partial charge in [0.1, 0.15) is 5.52 Å². The van der Waals surface area contributed by atoms with E-state index < -0.39 is 0 Å². The fraction of sp³-hybridized carbons (Fsp3) is 0.0714. The van der Waals surface area contributed by atoms with Crippen LogP contribution in [-0.4, -0.2) is 4.98 Å². The third-order valence-electron chi connectivity index (χ3n) is 2.61. The fourth-order valence-corrected chi connectivity index (χ4v) is 2.33. The van der Waals surface area contributed by atoms with Gasteiger partial charge in [0.05, 0.1) is 0 Å². The van der Waals surface area contributed by atoms with E-state index in [0.717, 1.165) is 16.7 Å². The Hall–Kier alpha value is -1.36. The van der Waals surface area contributed by atoms with E-state index >= 15 is 0 Å². The van der Waals surface area contributed by atoms with E-state index in [1.165, 1.54) is 9.13 Å². The molecule has 0 aliphatic heterocycles. The van der Waals surface area contributed by atoms with Gasteiger partial charge in [-0.05, 0) is 65.4 Å². The number of hydrogen-bond acceptors (Lipinski definition) is 2. The van der Waals surface area contributed by atoms with Crippen LogP contribution in [0.3, 0.4) is 0 Å². The highest BCUT2D eigenvalue weighted by Crippen LogP contribution is 2.25. The van der Waals surface area contributed by atoms with Crippen molar-refractivity contribution in [3.63, 3.8) is 0 Å². The van der Waals surface area contributed by atoms with Crippen LogP contribution in [0.15, 0.2) is 46.9 Å². The minimum Gasteiger partial charge on any atom is -0.436 e. The van der Waals surface area contributed by atoms with Gasteiger partial charge in [-0.3, -0.25) is 0 Å². The molecule has 3 heteroatoms. The number of aryl methyl sites for hydroxylation is 1. The summed E-state index contributed by atoms with van der Waals surface area (Å²) < 4.78 is 6.93. The Morgan fingerprint density at radius 2 is 2.00 bits per heavy atom. The first-order valence-electron chi connectivity index (χ1n) is 5.35. The van der Waals surface area contributed by atoms with Crippen LogP contribution in [-0.2, 0) is 0 Å². The molecule has 0 saturated heterocycles. The SMILES string of the molecule is Cc1ccc2oc(-c3cccc(I)c3)nc2c1. The van der Waals surface area contributed by atoms with E-state index in [9.17, 15) is 0 Å². The Balaban J connectivity index is 2.18. The van der Waals surface area contributed by atoms with Gasteiger partial charge in [0.2, 0.25) is 5.89 Å². The van der Waals surface area contributed by atoms with Crippen molar-refractivity contribution in [3.05, 3.63) is 51.6 Å². The molecule has 0 aliphatic rings. The first kappa shape index (κ1) is 10.8. The Bertz CT molecular complexity index is 688. The van der Waals surface area contributed by atoms with Crippen LogP contribution in [0.25, 0.3) is 22.6 Å². The molecule has 0 aliphatic carbocycles. The molecule has 1 aromatic heterocycles. The molecule has 17 heavy (non-hydrogen) atoms. The molecule has 0 amide bonds. The van der Waals surface area contributed by atoms with Gasteiger partial charge in [-0.2, -0.15) is 0 Å². The number of hydrogen-bond donors (Lipinski definition) is 0. The summed E-state index contributed by atoms with van der Waals surface area (Å²) >= 11 is 2.29. The lowest BCUT2D eigenvalue weighted by Crippen LogP contribution is -1.78. The maximum Gasteiger partial charge on any atom is 0.227 e. The maximum atomic E-state index is 5.75. The zero-order valence-corrected chi connectivity index (χ0v) is 11.4. The molecule has 0 radical (unpaired) electrons. The van der Waals surface area contributed by atoms with Crippen molar-refractivity contribution in [2.75, 3.05) is 0 Å². The minimum absolute atomic E-state index is 0.684. The summed E-state index contributed by atoms with van der Waals surface area (Å²) in [5.74, 6) is 0.684. The minimum atomic E-state index is 0.684. The van der Waals surface area contributed by atoms with Crippen molar-refractivity contribution in [2.24, 2.45) is 0 Å². The fourth-order valence-electron chi connectivity index (χ4n) is 1.78. The Labute approximate surface area is 113 Å². The van der Waals surface area contributed by atoms with Crippen LogP contribution in [0.5, 0.6) is 0 Å². The molecule has 0 saturated carbocycles. The number of rotatable bonds is 1. The second kappa shape index (κ2) is 4.14. The van der Waals surface area contributed by atoms with E-state index in [2.05, 4.69) is 46.6 Å². The normalized spacial score (nSPS) is 10.9. The van der Waals surface area contributed by atoms with Gasteiger partial charge in [0, 0.05) is 9.13 Å². The quantitative estimate of drug-likeness (QED) is 0.616. The van der Waals surface area contributed by atoms with Crippen LogP contribution in [0.1, 0.15) is 5.56 Å². The summed E-state index contributed by atoms with van der Waals surface area (Å²) in [4.78, 5) is 4.51. The molecular weight excluding hydrogens is 325 g/mol. The molecule has 0 unspecified atom stereocenters. The number of fused-ring (bicyclic) bond motifs is 1. The zero-order valence-electron chi connectivity index (χ0n) is 9.27. The summed E-state index contributed by atoms with van der Waals surface area (Å²) in [6.07, 6.45) is 0. The van der Waals surface area contributed by atoms with Crippen molar-refractivity contribution in [1.82, 2.24) is 4.98 Å². The summed E-state index contributed by atoms with van der Waals surface area (Å²) in [7, 11) is 0. The lowest BCUT2D eigenvalue weighted by atomic mass is 10.2. The molecule has 1 heterocycles. The average Bonchev–Trinajstić information content (AvgIpc) is 2.72. The van der Waals surface area contributed by atoms with Gasteiger partial charge in [0.15, 0.2) is 5.58 Å². The van der Waals surface area contributed by atoms with Crippen LogP contribution in [0.2, 0.25) is 0 Å². The van der Waals surface area contributed by atoms with Gasteiger partial charge in [0.25, 0.3) is 0 Å². The molecule has 0 spiro atoms. The smallest absolute Gasteiger partial charge is 0.227 e. The number of aromatic nitrogens is 1. The number of nitrogens with zero attached hydrogens (tertiary/aromatic N) is 1. The Kier molecular flexibility index (Phi) is 2.63. The highest BCUT2D eigenvalue weighted by molar-refractivity contribution is 14.1. The predicted octanol–water partition coefficient (Wildman–Crippen LogP) is 4.41. The van der Waals surface area contributed by atoms with Gasteiger partial charge in [-0.25, -0.2) is 4.98 Å². The molecule has 2 aromatic carbocycles. The second-order valence-electron chi connectivity index (χ2n) is 4.00. The number of benzene rings is 2. The van der Waals surface area contributed by atoms with Crippen molar-refractivity contribution < 1.29 is 4.42 Å². The standard InChI is InChI=1S/C14H10INO/c1-9-5-6-13-12(7-9)16-14(17-13)10-3-2-4-11(15)8-10/h2-8H,1H3. The van der Waals surface area contributed by atoms with E-state index in [4.69, 9.17) is 4.42 Å². The summed E-state index contributed by atoms with van der Waals surface area (Å²) in [6, 6.07) is 14.2. The summed E-state index contributed by atoms with van der Waals surface area (Å²) in [5, 5.41) is 0. The maximum absolute atomic E-state index is 5.75. The molecule has 0 N–H and O–H groups in total. The highest BCUT2D eigenvalue weighted by Gasteiger charge is 2.08. The Morgan fingerprint density at radius 1 is 1.12 bits per heavy atom. The predicted molar refractivity (Wildman–Crippen MR) is 76.9 cm³/mol. The van der Waals surface area contributed by atoms with Crippen molar-refractivity contribution in [2.45, 2.75) is 6.92 Å². The third-order valence-corrected chi connectivity index (χ3v) is 3.29. The number of oxazole rings is 1. The first-order chi connectivity index (χ1) is 8.22.